The summed E-state index contributed by atoms with van der Waals surface area (Å²) in [5, 5.41) is 18.7. The summed E-state index contributed by atoms with van der Waals surface area (Å²) in [6.45, 7) is 1.97. The number of nitrogens with one attached hydrogen (secondary N) is 1. The van der Waals surface area contributed by atoms with Crippen LogP contribution in [0.2, 0.25) is 0 Å². The number of aryl methyl sites for hydroxylation is 1. The van der Waals surface area contributed by atoms with Gasteiger partial charge in [-0.3, -0.25) is 4.79 Å². The molecule has 134 valence electrons. The molecule has 26 heavy (non-hydrogen) atoms. The molecule has 1 N–H and O–H groups in total. The number of rotatable bonds is 6. The topological polar surface area (TPSA) is 91.3 Å². The molecule has 0 atom stereocenters. The molecule has 3 aromatic rings. The minimum absolute atomic E-state index is 0.0499. The number of anilines is 1. The van der Waals surface area contributed by atoms with Crippen molar-refractivity contribution in [3.63, 3.8) is 0 Å². The van der Waals surface area contributed by atoms with Crippen LogP contribution >= 0.6 is 11.8 Å². The molecular formula is C18H17N3O4S. The summed E-state index contributed by atoms with van der Waals surface area (Å²) in [7, 11) is 1.58. The zero-order valence-corrected chi connectivity index (χ0v) is 15.1. The number of hydrogen-bond donors (Lipinski definition) is 1. The molecule has 8 heteroatoms. The first-order valence-corrected chi connectivity index (χ1v) is 8.78. The van der Waals surface area contributed by atoms with E-state index < -0.39 is 5.95 Å². The van der Waals surface area contributed by atoms with Crippen LogP contribution in [0.5, 0.6) is 11.7 Å². The Balaban J connectivity index is 1.66. The third-order valence-electron chi connectivity index (χ3n) is 3.56. The first kappa shape index (κ1) is 17.8. The van der Waals surface area contributed by atoms with Crippen molar-refractivity contribution in [2.75, 3.05) is 18.2 Å². The summed E-state index contributed by atoms with van der Waals surface area (Å²) >= 11 is 1.07. The average Bonchev–Trinajstić information content (AvgIpc) is 3.02. The molecule has 7 nitrogen and oxygen atoms in total. The van der Waals surface area contributed by atoms with Gasteiger partial charge in [0.05, 0.1) is 18.1 Å². The summed E-state index contributed by atoms with van der Waals surface area (Å²) in [6, 6.07) is 14.5. The maximum atomic E-state index is 12.1. The number of amides is 1. The van der Waals surface area contributed by atoms with Crippen molar-refractivity contribution in [2.24, 2.45) is 0 Å². The van der Waals surface area contributed by atoms with Crippen LogP contribution in [0, 0.1) is 6.92 Å². The van der Waals surface area contributed by atoms with Crippen molar-refractivity contribution in [1.29, 1.82) is 0 Å². The standard InChI is InChI=1S/C18H17N3O4S/c1-12-3-7-14(8-4-12)21-17(18(23)25-20-21)26-11-16(22)19-13-5-9-15(24-2)10-6-13/h3-10H,11H2,1-2H3,(H-,19,20,22,23). The first-order valence-electron chi connectivity index (χ1n) is 7.79. The Hall–Kier alpha value is -3.00. The SMILES string of the molecule is COc1ccc(NC(=O)CSc2c([O-])on[n+]2-c2ccc(C)cc2)cc1. The summed E-state index contributed by atoms with van der Waals surface area (Å²) in [5.41, 5.74) is 2.43. The molecule has 0 bridgehead atoms. The highest BCUT2D eigenvalue weighted by molar-refractivity contribution is 7.99. The van der Waals surface area contributed by atoms with Crippen LogP contribution in [0.3, 0.4) is 0 Å². The average molecular weight is 371 g/mol. The Bertz CT molecular complexity index is 892. The summed E-state index contributed by atoms with van der Waals surface area (Å²) in [5.74, 6) is -0.0602. The van der Waals surface area contributed by atoms with Crippen LogP contribution in [0.1, 0.15) is 5.56 Å². The maximum Gasteiger partial charge on any atom is 0.298 e. The van der Waals surface area contributed by atoms with Gasteiger partial charge in [0.25, 0.3) is 5.03 Å². The monoisotopic (exact) mass is 371 g/mol. The van der Waals surface area contributed by atoms with Gasteiger partial charge < -0.3 is 19.7 Å². The molecule has 1 heterocycles. The van der Waals surface area contributed by atoms with Crippen LogP contribution in [-0.2, 0) is 4.79 Å². The number of thioether (sulfide) groups is 1. The molecular weight excluding hydrogens is 354 g/mol. The lowest BCUT2D eigenvalue weighted by atomic mass is 10.2. The molecule has 0 spiro atoms. The fraction of sp³-hybridized carbons (Fsp3) is 0.167. The van der Waals surface area contributed by atoms with E-state index in [4.69, 9.17) is 9.26 Å². The Morgan fingerprint density at radius 2 is 1.92 bits per heavy atom. The predicted octanol–water partition coefficient (Wildman–Crippen LogP) is 2.07. The van der Waals surface area contributed by atoms with Crippen molar-refractivity contribution in [2.45, 2.75) is 11.9 Å². The second kappa shape index (κ2) is 7.92. The van der Waals surface area contributed by atoms with Gasteiger partial charge in [0, 0.05) is 17.8 Å². The van der Waals surface area contributed by atoms with Gasteiger partial charge in [0.1, 0.15) is 5.75 Å². The zero-order valence-electron chi connectivity index (χ0n) is 14.3. The molecule has 0 aliphatic rings. The van der Waals surface area contributed by atoms with E-state index in [1.807, 2.05) is 31.2 Å². The molecule has 0 saturated carbocycles. The van der Waals surface area contributed by atoms with Gasteiger partial charge in [0.2, 0.25) is 11.6 Å². The molecule has 1 aromatic heterocycles. The van der Waals surface area contributed by atoms with Crippen molar-refractivity contribution >= 4 is 23.4 Å². The zero-order chi connectivity index (χ0) is 18.5. The van der Waals surface area contributed by atoms with Gasteiger partial charge in [-0.15, -0.1) is 0 Å². The maximum absolute atomic E-state index is 12.1. The third kappa shape index (κ3) is 4.15. The number of benzene rings is 2. The fourth-order valence-electron chi connectivity index (χ4n) is 2.22. The van der Waals surface area contributed by atoms with Gasteiger partial charge in [-0.2, -0.15) is 0 Å². The van der Waals surface area contributed by atoms with Crippen LogP contribution in [0.15, 0.2) is 58.1 Å². The van der Waals surface area contributed by atoms with E-state index >= 15 is 0 Å². The van der Waals surface area contributed by atoms with E-state index in [0.29, 0.717) is 17.1 Å². The smallest absolute Gasteiger partial charge is 0.298 e. The fourth-order valence-corrected chi connectivity index (χ4v) is 2.97. The number of nitrogens with zero attached hydrogens (tertiary/aromatic N) is 2. The third-order valence-corrected chi connectivity index (χ3v) is 4.58. The van der Waals surface area contributed by atoms with Crippen LogP contribution in [0.4, 0.5) is 5.69 Å². The number of aromatic nitrogens is 2. The van der Waals surface area contributed by atoms with E-state index in [0.717, 1.165) is 17.3 Å². The lowest BCUT2D eigenvalue weighted by Gasteiger charge is -2.05. The Morgan fingerprint density at radius 3 is 2.58 bits per heavy atom. The highest BCUT2D eigenvalue weighted by Crippen LogP contribution is 2.23. The summed E-state index contributed by atoms with van der Waals surface area (Å²) in [6.07, 6.45) is 0. The quantitative estimate of drug-likeness (QED) is 0.527. The Morgan fingerprint density at radius 1 is 1.23 bits per heavy atom. The van der Waals surface area contributed by atoms with E-state index in [2.05, 4.69) is 10.6 Å². The first-order chi connectivity index (χ1) is 12.6. The minimum Gasteiger partial charge on any atom is -0.538 e. The summed E-state index contributed by atoms with van der Waals surface area (Å²) in [4.78, 5) is 12.1. The minimum atomic E-state index is -0.576. The van der Waals surface area contributed by atoms with E-state index in [1.165, 1.54) is 4.68 Å². The number of methoxy groups -OCH3 is 1. The molecule has 0 radical (unpaired) electrons. The highest BCUT2D eigenvalue weighted by atomic mass is 32.2. The molecule has 3 rings (SSSR count). The molecule has 0 unspecified atom stereocenters. The molecule has 0 fully saturated rings. The second-order valence-corrected chi connectivity index (χ2v) is 6.44. The predicted molar refractivity (Wildman–Crippen MR) is 94.6 cm³/mol. The second-order valence-electron chi connectivity index (χ2n) is 5.48. The van der Waals surface area contributed by atoms with E-state index in [-0.39, 0.29) is 16.7 Å². The molecule has 0 saturated heterocycles. The van der Waals surface area contributed by atoms with Crippen LogP contribution < -0.4 is 19.8 Å². The van der Waals surface area contributed by atoms with Crippen molar-refractivity contribution in [1.82, 2.24) is 5.27 Å². The van der Waals surface area contributed by atoms with Crippen LogP contribution in [0.25, 0.3) is 5.69 Å². The molecule has 0 aliphatic heterocycles. The largest absolute Gasteiger partial charge is 0.538 e. The van der Waals surface area contributed by atoms with Crippen molar-refractivity contribution in [3.05, 3.63) is 54.1 Å². The van der Waals surface area contributed by atoms with E-state index in [9.17, 15) is 9.90 Å². The van der Waals surface area contributed by atoms with Gasteiger partial charge in [-0.05, 0) is 47.6 Å². The van der Waals surface area contributed by atoms with Gasteiger partial charge in [0.15, 0.2) is 5.95 Å². The Kier molecular flexibility index (Phi) is 5.43. The normalized spacial score (nSPS) is 10.5. The van der Waals surface area contributed by atoms with Crippen molar-refractivity contribution in [3.8, 4) is 17.4 Å². The molecule has 2 aromatic carbocycles. The van der Waals surface area contributed by atoms with Gasteiger partial charge >= 0.3 is 0 Å². The van der Waals surface area contributed by atoms with Crippen LogP contribution in [-0.4, -0.2) is 24.0 Å². The Labute approximate surface area is 154 Å². The number of hydrogen-bond acceptors (Lipinski definition) is 6. The highest BCUT2D eigenvalue weighted by Gasteiger charge is 2.22. The number of carbonyl (C=O) groups excluding carboxylic acids is 1. The van der Waals surface area contributed by atoms with E-state index in [1.54, 1.807) is 31.4 Å². The van der Waals surface area contributed by atoms with Gasteiger partial charge in [-0.25, -0.2) is 0 Å². The number of carbonyl (C=O) groups is 1. The van der Waals surface area contributed by atoms with Gasteiger partial charge in [-0.1, -0.05) is 17.7 Å². The molecule has 0 aliphatic carbocycles. The lowest BCUT2D eigenvalue weighted by molar-refractivity contribution is -0.705. The summed E-state index contributed by atoms with van der Waals surface area (Å²) < 4.78 is 11.2. The lowest BCUT2D eigenvalue weighted by Crippen LogP contribution is -2.35. The molecule has 1 amide bonds. The number of ether oxygens (including phenoxy) is 1. The van der Waals surface area contributed by atoms with Crippen molar-refractivity contribution < 1.29 is 23.8 Å².